The van der Waals surface area contributed by atoms with Gasteiger partial charge in [-0.2, -0.15) is 0 Å². The van der Waals surface area contributed by atoms with Crippen LogP contribution in [0.1, 0.15) is 18.1 Å². The summed E-state index contributed by atoms with van der Waals surface area (Å²) in [5, 5.41) is 0.699. The first-order chi connectivity index (χ1) is 11.5. The van der Waals surface area contributed by atoms with E-state index in [1.165, 1.54) is 12.1 Å². The molecule has 5 heteroatoms. The van der Waals surface area contributed by atoms with Gasteiger partial charge in [0.25, 0.3) is 0 Å². The van der Waals surface area contributed by atoms with Crippen LogP contribution in [-0.2, 0) is 17.9 Å². The van der Waals surface area contributed by atoms with E-state index in [9.17, 15) is 9.18 Å². The van der Waals surface area contributed by atoms with Crippen LogP contribution < -0.4 is 0 Å². The smallest absolute Gasteiger partial charge is 0.237 e. The number of hydrogen-bond acceptors (Lipinski definition) is 2. The number of benzene rings is 2. The van der Waals surface area contributed by atoms with Crippen LogP contribution in [0.2, 0.25) is 5.02 Å². The Bertz CT molecular complexity index is 675. The van der Waals surface area contributed by atoms with E-state index >= 15 is 0 Å². The molecule has 128 valence electrons. The average molecular weight is 349 g/mol. The molecule has 0 aromatic heterocycles. The van der Waals surface area contributed by atoms with Crippen LogP contribution in [0, 0.1) is 5.82 Å². The van der Waals surface area contributed by atoms with Gasteiger partial charge in [-0.1, -0.05) is 35.9 Å². The maximum atomic E-state index is 13.3. The van der Waals surface area contributed by atoms with E-state index in [1.54, 1.807) is 11.0 Å². The second-order valence-corrected chi connectivity index (χ2v) is 6.27. The van der Waals surface area contributed by atoms with Crippen molar-refractivity contribution in [1.29, 1.82) is 0 Å². The van der Waals surface area contributed by atoms with Crippen molar-refractivity contribution in [2.24, 2.45) is 0 Å². The molecule has 2 aromatic carbocycles. The van der Waals surface area contributed by atoms with Crippen LogP contribution in [0.5, 0.6) is 0 Å². The van der Waals surface area contributed by atoms with Crippen LogP contribution in [0.25, 0.3) is 0 Å². The molecule has 2 rings (SSSR count). The summed E-state index contributed by atoms with van der Waals surface area (Å²) in [6, 6.07) is 14.0. The van der Waals surface area contributed by atoms with Gasteiger partial charge in [0, 0.05) is 24.7 Å². The minimum Gasteiger partial charge on any atom is -0.338 e. The largest absolute Gasteiger partial charge is 0.338 e. The fourth-order valence-electron chi connectivity index (χ4n) is 2.52. The Balaban J connectivity index is 1.92. The lowest BCUT2D eigenvalue weighted by Crippen LogP contribution is -2.38. The summed E-state index contributed by atoms with van der Waals surface area (Å²) in [7, 11) is 1.91. The summed E-state index contributed by atoms with van der Waals surface area (Å²) in [4.78, 5) is 16.2. The quantitative estimate of drug-likeness (QED) is 0.756. The van der Waals surface area contributed by atoms with Crippen molar-refractivity contribution < 1.29 is 9.18 Å². The molecule has 0 saturated heterocycles. The zero-order valence-corrected chi connectivity index (χ0v) is 14.8. The molecule has 0 saturated carbocycles. The zero-order chi connectivity index (χ0) is 17.5. The van der Waals surface area contributed by atoms with Crippen molar-refractivity contribution in [3.05, 3.63) is 70.5 Å². The molecular weight excluding hydrogens is 327 g/mol. The summed E-state index contributed by atoms with van der Waals surface area (Å²) in [5.41, 5.74) is 1.90. The molecule has 24 heavy (non-hydrogen) atoms. The van der Waals surface area contributed by atoms with Gasteiger partial charge in [-0.3, -0.25) is 9.69 Å². The lowest BCUT2D eigenvalue weighted by Gasteiger charge is -2.24. The van der Waals surface area contributed by atoms with Gasteiger partial charge in [-0.25, -0.2) is 4.39 Å². The minimum atomic E-state index is -0.282. The fourth-order valence-corrected chi connectivity index (χ4v) is 2.65. The van der Waals surface area contributed by atoms with Crippen molar-refractivity contribution in [1.82, 2.24) is 9.80 Å². The first-order valence-corrected chi connectivity index (χ1v) is 8.31. The summed E-state index contributed by atoms with van der Waals surface area (Å²) >= 11 is 5.88. The van der Waals surface area contributed by atoms with Gasteiger partial charge in [0.1, 0.15) is 5.82 Å². The highest BCUT2D eigenvalue weighted by Crippen LogP contribution is 2.12. The highest BCUT2D eigenvalue weighted by atomic mass is 35.5. The molecule has 3 nitrogen and oxygen atoms in total. The molecule has 2 aromatic rings. The maximum absolute atomic E-state index is 13.3. The molecule has 0 bridgehead atoms. The topological polar surface area (TPSA) is 23.6 Å². The van der Waals surface area contributed by atoms with E-state index in [-0.39, 0.29) is 11.7 Å². The standard InChI is InChI=1S/C19H22ClFN2O/c1-3-23(13-16-5-4-6-18(21)11-16)19(24)14-22(2)12-15-7-9-17(20)10-8-15/h4-11H,3,12-14H2,1-2H3. The number of carbonyl (C=O) groups is 1. The second kappa shape index (κ2) is 8.81. The Morgan fingerprint density at radius 3 is 2.42 bits per heavy atom. The van der Waals surface area contributed by atoms with Crippen molar-refractivity contribution in [3.8, 4) is 0 Å². The Morgan fingerprint density at radius 1 is 1.08 bits per heavy atom. The monoisotopic (exact) mass is 348 g/mol. The first-order valence-electron chi connectivity index (χ1n) is 7.93. The molecule has 0 fully saturated rings. The van der Waals surface area contributed by atoms with E-state index in [1.807, 2.05) is 49.2 Å². The Morgan fingerprint density at radius 2 is 1.79 bits per heavy atom. The van der Waals surface area contributed by atoms with Crippen molar-refractivity contribution in [2.75, 3.05) is 20.1 Å². The molecule has 0 atom stereocenters. The Kier molecular flexibility index (Phi) is 6.76. The first kappa shape index (κ1) is 18.4. The van der Waals surface area contributed by atoms with Gasteiger partial charge >= 0.3 is 0 Å². The molecular formula is C19H22ClFN2O. The lowest BCUT2D eigenvalue weighted by molar-refractivity contribution is -0.132. The van der Waals surface area contributed by atoms with Crippen molar-refractivity contribution in [2.45, 2.75) is 20.0 Å². The van der Waals surface area contributed by atoms with Gasteiger partial charge in [0.05, 0.1) is 6.54 Å². The average Bonchev–Trinajstić information content (AvgIpc) is 2.54. The summed E-state index contributed by atoms with van der Waals surface area (Å²) in [6.45, 7) is 3.91. The number of likely N-dealkylation sites (N-methyl/N-ethyl adjacent to an activating group) is 2. The SMILES string of the molecule is CCN(Cc1cccc(F)c1)C(=O)CN(C)Cc1ccc(Cl)cc1. The zero-order valence-electron chi connectivity index (χ0n) is 14.0. The van der Waals surface area contributed by atoms with Crippen LogP contribution in [0.15, 0.2) is 48.5 Å². The molecule has 0 aliphatic heterocycles. The summed E-state index contributed by atoms with van der Waals surface area (Å²) in [5.74, 6) is -0.255. The van der Waals surface area contributed by atoms with E-state index in [0.29, 0.717) is 31.2 Å². The van der Waals surface area contributed by atoms with Crippen LogP contribution >= 0.6 is 11.6 Å². The Hall–Kier alpha value is -1.91. The van der Waals surface area contributed by atoms with Crippen molar-refractivity contribution in [3.63, 3.8) is 0 Å². The van der Waals surface area contributed by atoms with Gasteiger partial charge in [0.15, 0.2) is 0 Å². The lowest BCUT2D eigenvalue weighted by atomic mass is 10.2. The van der Waals surface area contributed by atoms with E-state index in [0.717, 1.165) is 11.1 Å². The van der Waals surface area contributed by atoms with Crippen molar-refractivity contribution >= 4 is 17.5 Å². The number of halogens is 2. The third kappa shape index (κ3) is 5.62. The highest BCUT2D eigenvalue weighted by molar-refractivity contribution is 6.30. The molecule has 0 radical (unpaired) electrons. The third-order valence-electron chi connectivity index (χ3n) is 3.77. The predicted molar refractivity (Wildman–Crippen MR) is 95.3 cm³/mol. The predicted octanol–water partition coefficient (Wildman–Crippen LogP) is 3.96. The molecule has 0 aliphatic carbocycles. The molecule has 1 amide bonds. The normalized spacial score (nSPS) is 10.9. The molecule has 0 N–H and O–H groups in total. The summed E-state index contributed by atoms with van der Waals surface area (Å²) in [6.07, 6.45) is 0. The number of hydrogen-bond donors (Lipinski definition) is 0. The fraction of sp³-hybridized carbons (Fsp3) is 0.316. The number of carbonyl (C=O) groups excluding carboxylic acids is 1. The highest BCUT2D eigenvalue weighted by Gasteiger charge is 2.15. The van der Waals surface area contributed by atoms with E-state index in [4.69, 9.17) is 11.6 Å². The van der Waals surface area contributed by atoms with E-state index < -0.39 is 0 Å². The third-order valence-corrected chi connectivity index (χ3v) is 4.02. The molecule has 0 spiro atoms. The number of rotatable bonds is 7. The van der Waals surface area contributed by atoms with E-state index in [2.05, 4.69) is 0 Å². The van der Waals surface area contributed by atoms with Gasteiger partial charge in [0.2, 0.25) is 5.91 Å². The minimum absolute atomic E-state index is 0.0261. The van der Waals surface area contributed by atoms with Crippen LogP contribution in [0.4, 0.5) is 4.39 Å². The van der Waals surface area contributed by atoms with Crippen LogP contribution in [0.3, 0.4) is 0 Å². The van der Waals surface area contributed by atoms with Crippen LogP contribution in [-0.4, -0.2) is 35.8 Å². The molecule has 0 unspecified atom stereocenters. The number of amides is 1. The van der Waals surface area contributed by atoms with Gasteiger partial charge < -0.3 is 4.90 Å². The molecule has 0 aliphatic rings. The molecule has 0 heterocycles. The Labute approximate surface area is 147 Å². The summed E-state index contributed by atoms with van der Waals surface area (Å²) < 4.78 is 13.3. The maximum Gasteiger partial charge on any atom is 0.237 e. The van der Waals surface area contributed by atoms with Gasteiger partial charge in [-0.05, 0) is 49.4 Å². The number of nitrogens with zero attached hydrogens (tertiary/aromatic N) is 2. The second-order valence-electron chi connectivity index (χ2n) is 5.84. The van der Waals surface area contributed by atoms with Gasteiger partial charge in [-0.15, -0.1) is 0 Å².